The number of rotatable bonds is 6. The van der Waals surface area contributed by atoms with Crippen LogP contribution in [0.1, 0.15) is 19.3 Å². The van der Waals surface area contributed by atoms with Crippen LogP contribution in [0.5, 0.6) is 0 Å². The summed E-state index contributed by atoms with van der Waals surface area (Å²) in [6.45, 7) is 5.36. The molecule has 2 aromatic heterocycles. The molecular formula is C26H29N5O2S2. The van der Waals surface area contributed by atoms with Crippen LogP contribution in [0.15, 0.2) is 65.8 Å². The van der Waals surface area contributed by atoms with Crippen molar-refractivity contribution in [3.63, 3.8) is 0 Å². The maximum absolute atomic E-state index is 13.7. The first-order chi connectivity index (χ1) is 17.1. The largest absolute Gasteiger partial charge is 0.353 e. The van der Waals surface area contributed by atoms with Crippen LogP contribution >= 0.6 is 11.5 Å². The molecule has 6 rings (SSSR count). The summed E-state index contributed by atoms with van der Waals surface area (Å²) < 4.78 is 35.0. The van der Waals surface area contributed by atoms with Gasteiger partial charge in [-0.15, -0.1) is 0 Å². The quantitative estimate of drug-likeness (QED) is 0.389. The van der Waals surface area contributed by atoms with Gasteiger partial charge in [-0.2, -0.15) is 8.68 Å². The lowest BCUT2D eigenvalue weighted by Crippen LogP contribution is -2.48. The zero-order valence-corrected chi connectivity index (χ0v) is 21.2. The molecule has 7 nitrogen and oxygen atoms in total. The second kappa shape index (κ2) is 9.46. The molecule has 2 aromatic carbocycles. The lowest BCUT2D eigenvalue weighted by atomic mass is 10.1. The molecule has 0 spiro atoms. The van der Waals surface area contributed by atoms with E-state index in [1.807, 2.05) is 12.1 Å². The molecule has 9 heteroatoms. The molecular weight excluding hydrogens is 478 g/mol. The fourth-order valence-corrected chi connectivity index (χ4v) is 8.21. The molecule has 0 bridgehead atoms. The number of benzene rings is 2. The normalized spacial score (nSPS) is 20.2. The van der Waals surface area contributed by atoms with Crippen molar-refractivity contribution in [2.45, 2.75) is 30.2 Å². The first-order valence-corrected chi connectivity index (χ1v) is 14.5. The first-order valence-electron chi connectivity index (χ1n) is 12.3. The highest BCUT2D eigenvalue weighted by Crippen LogP contribution is 2.32. The summed E-state index contributed by atoms with van der Waals surface area (Å²) in [5.41, 5.74) is 0. The molecule has 0 N–H and O–H groups in total. The van der Waals surface area contributed by atoms with E-state index < -0.39 is 10.0 Å². The van der Waals surface area contributed by atoms with Crippen LogP contribution in [0.4, 0.5) is 5.82 Å². The average molecular weight is 508 g/mol. The second-order valence-electron chi connectivity index (χ2n) is 9.38. The zero-order valence-electron chi connectivity index (χ0n) is 19.6. The van der Waals surface area contributed by atoms with E-state index in [2.05, 4.69) is 39.0 Å². The molecule has 2 aliphatic rings. The number of hydrogen-bond acceptors (Lipinski definition) is 7. The minimum atomic E-state index is -3.55. The van der Waals surface area contributed by atoms with Gasteiger partial charge in [-0.05, 0) is 61.6 Å². The molecule has 0 radical (unpaired) electrons. The Balaban J connectivity index is 1.11. The number of fused-ring (bicyclic) bond motifs is 2. The highest BCUT2D eigenvalue weighted by Gasteiger charge is 2.36. The topological polar surface area (TPSA) is 69.6 Å². The van der Waals surface area contributed by atoms with Gasteiger partial charge in [0.2, 0.25) is 10.0 Å². The Labute approximate surface area is 210 Å². The van der Waals surface area contributed by atoms with Crippen LogP contribution in [0, 0.1) is 0 Å². The minimum absolute atomic E-state index is 0.0533. The first kappa shape index (κ1) is 22.8. The van der Waals surface area contributed by atoms with Crippen molar-refractivity contribution in [2.24, 2.45) is 0 Å². The summed E-state index contributed by atoms with van der Waals surface area (Å²) >= 11 is 1.57. The summed E-state index contributed by atoms with van der Waals surface area (Å²) in [6, 6.07) is 15.7. The standard InChI is InChI=1S/C26H29N5O2S2/c32-35(33,25-9-3-5-20-19-27-12-10-22(20)25)31-13-4-6-21(31)11-14-29-15-17-30(18-16-29)26-23-7-1-2-8-24(23)34-28-26/h1-3,5,7-10,12,19,21H,4,6,11,13-18H2/t21-/m1/s1. The number of nitrogens with zero attached hydrogens (tertiary/aromatic N) is 5. The van der Waals surface area contributed by atoms with E-state index in [0.717, 1.165) is 68.6 Å². The van der Waals surface area contributed by atoms with Gasteiger partial charge in [0.15, 0.2) is 0 Å². The summed E-state index contributed by atoms with van der Waals surface area (Å²) in [6.07, 6.45) is 6.10. The lowest BCUT2D eigenvalue weighted by Gasteiger charge is -2.36. The summed E-state index contributed by atoms with van der Waals surface area (Å²) in [4.78, 5) is 9.40. The number of hydrogen-bond donors (Lipinski definition) is 0. The molecule has 0 amide bonds. The predicted molar refractivity (Wildman–Crippen MR) is 142 cm³/mol. The third-order valence-corrected chi connectivity index (χ3v) is 10.2. The van der Waals surface area contributed by atoms with Gasteiger partial charge in [0.1, 0.15) is 5.82 Å². The molecule has 2 saturated heterocycles. The maximum Gasteiger partial charge on any atom is 0.243 e. The van der Waals surface area contributed by atoms with Crippen molar-refractivity contribution in [1.29, 1.82) is 0 Å². The van der Waals surface area contributed by atoms with Crippen LogP contribution in [-0.4, -0.2) is 72.3 Å². The van der Waals surface area contributed by atoms with E-state index in [4.69, 9.17) is 4.37 Å². The second-order valence-corrected chi connectivity index (χ2v) is 12.0. The molecule has 4 heterocycles. The highest BCUT2D eigenvalue weighted by atomic mass is 32.2. The molecule has 0 aliphatic carbocycles. The lowest BCUT2D eigenvalue weighted by molar-refractivity contribution is 0.232. The molecule has 35 heavy (non-hydrogen) atoms. The number of sulfonamides is 1. The van der Waals surface area contributed by atoms with Crippen molar-refractivity contribution in [3.05, 3.63) is 60.9 Å². The Morgan fingerprint density at radius 2 is 1.80 bits per heavy atom. The molecule has 4 aromatic rings. The monoisotopic (exact) mass is 507 g/mol. The third-order valence-electron chi connectivity index (χ3n) is 7.36. The Hall–Kier alpha value is -2.59. The smallest absolute Gasteiger partial charge is 0.243 e. The van der Waals surface area contributed by atoms with Gasteiger partial charge >= 0.3 is 0 Å². The van der Waals surface area contributed by atoms with Crippen LogP contribution in [0.3, 0.4) is 0 Å². The predicted octanol–water partition coefficient (Wildman–Crippen LogP) is 4.21. The number of pyridine rings is 1. The van der Waals surface area contributed by atoms with Crippen molar-refractivity contribution in [1.82, 2.24) is 18.6 Å². The van der Waals surface area contributed by atoms with Gasteiger partial charge < -0.3 is 4.90 Å². The average Bonchev–Trinajstić information content (AvgIpc) is 3.55. The Morgan fingerprint density at radius 1 is 0.943 bits per heavy atom. The Morgan fingerprint density at radius 3 is 2.69 bits per heavy atom. The Kier molecular flexibility index (Phi) is 6.18. The van der Waals surface area contributed by atoms with Gasteiger partial charge in [-0.1, -0.05) is 24.3 Å². The summed E-state index contributed by atoms with van der Waals surface area (Å²) in [5.74, 6) is 1.10. The van der Waals surface area contributed by atoms with E-state index >= 15 is 0 Å². The fraction of sp³-hybridized carbons (Fsp3) is 0.385. The molecule has 2 aliphatic heterocycles. The zero-order chi connectivity index (χ0) is 23.8. The van der Waals surface area contributed by atoms with Gasteiger partial charge in [0.05, 0.1) is 9.60 Å². The number of piperazine rings is 1. The molecule has 2 fully saturated rings. The van der Waals surface area contributed by atoms with Crippen molar-refractivity contribution in [3.8, 4) is 0 Å². The van der Waals surface area contributed by atoms with Crippen molar-refractivity contribution in [2.75, 3.05) is 44.2 Å². The van der Waals surface area contributed by atoms with E-state index in [0.29, 0.717) is 11.4 Å². The highest BCUT2D eigenvalue weighted by molar-refractivity contribution is 7.89. The van der Waals surface area contributed by atoms with Gasteiger partial charge in [-0.25, -0.2) is 8.42 Å². The van der Waals surface area contributed by atoms with Gasteiger partial charge in [0, 0.05) is 67.3 Å². The molecule has 1 atom stereocenters. The number of anilines is 1. The van der Waals surface area contributed by atoms with Crippen molar-refractivity contribution < 1.29 is 8.42 Å². The van der Waals surface area contributed by atoms with E-state index in [-0.39, 0.29) is 6.04 Å². The molecule has 0 saturated carbocycles. The number of aromatic nitrogens is 2. The van der Waals surface area contributed by atoms with Crippen LogP contribution in [0.2, 0.25) is 0 Å². The van der Waals surface area contributed by atoms with Gasteiger partial charge in [-0.3, -0.25) is 9.88 Å². The van der Waals surface area contributed by atoms with Crippen LogP contribution in [-0.2, 0) is 10.0 Å². The minimum Gasteiger partial charge on any atom is -0.353 e. The van der Waals surface area contributed by atoms with E-state index in [1.54, 1.807) is 40.4 Å². The Bertz CT molecular complexity index is 1440. The van der Waals surface area contributed by atoms with Crippen LogP contribution in [0.25, 0.3) is 20.9 Å². The molecule has 182 valence electrons. The third kappa shape index (κ3) is 4.31. The maximum atomic E-state index is 13.7. The molecule has 0 unspecified atom stereocenters. The van der Waals surface area contributed by atoms with E-state index in [9.17, 15) is 8.42 Å². The summed E-state index contributed by atoms with van der Waals surface area (Å²) in [5, 5.41) is 2.84. The van der Waals surface area contributed by atoms with Crippen LogP contribution < -0.4 is 4.90 Å². The fourth-order valence-electron chi connectivity index (χ4n) is 5.47. The van der Waals surface area contributed by atoms with E-state index in [1.165, 1.54) is 10.1 Å². The van der Waals surface area contributed by atoms with Crippen molar-refractivity contribution >= 4 is 48.2 Å². The summed E-state index contributed by atoms with van der Waals surface area (Å²) in [7, 11) is -3.55. The SMILES string of the molecule is O=S(=O)(c1cccc2cnccc12)N1CCC[C@@H]1CCN1CCN(c2nsc3ccccc23)CC1. The van der Waals surface area contributed by atoms with Gasteiger partial charge in [0.25, 0.3) is 0 Å².